The Morgan fingerprint density at radius 2 is 0.792 bits per heavy atom. The first-order valence-corrected chi connectivity index (χ1v) is 20.5. The first-order chi connectivity index (χ1) is 26.2. The molecule has 4 heteroatoms. The Morgan fingerprint density at radius 1 is 0.472 bits per heavy atom. The second-order valence-electron chi connectivity index (χ2n) is 13.1. The van der Waals surface area contributed by atoms with Crippen LogP contribution in [-0.4, -0.2) is 35.8 Å². The summed E-state index contributed by atoms with van der Waals surface area (Å²) in [5.74, 6) is 0.251. The van der Waals surface area contributed by atoms with Gasteiger partial charge in [-0.25, -0.2) is 0 Å². The summed E-state index contributed by atoms with van der Waals surface area (Å²) in [4.78, 5) is 27.3. The van der Waals surface area contributed by atoms with Gasteiger partial charge in [-0.15, -0.1) is 0 Å². The van der Waals surface area contributed by atoms with Gasteiger partial charge in [0.1, 0.15) is 0 Å². The lowest BCUT2D eigenvalue weighted by Gasteiger charge is -2.25. The van der Waals surface area contributed by atoms with Crippen molar-refractivity contribution in [3.05, 3.63) is 146 Å². The lowest BCUT2D eigenvalue weighted by atomic mass is 10.2. The molecule has 1 rings (SSSR count). The maximum Gasteiger partial charge on any atom is 0.223 e. The quantitative estimate of drug-likeness (QED) is 0.0751. The Bertz CT molecular complexity index is 1280. The molecule has 290 valence electrons. The Hall–Kier alpha value is -4.18. The SMILES string of the molecule is CC/C=C\C/C=C\C/C=C\C/C=C\C/C=C\C/C=C\CCC(=O)NCC1CCCN1C(=O)CC/C=C\C/C=C\C/C=C\C/C=C\C/C=C\C/C=C\CC. The monoisotopic (exact) mass is 721 g/mol. The Labute approximate surface area is 325 Å². The molecular formula is C49H72N2O2. The van der Waals surface area contributed by atoms with E-state index in [0.29, 0.717) is 19.4 Å². The van der Waals surface area contributed by atoms with Crippen molar-refractivity contribution in [1.29, 1.82) is 0 Å². The molecule has 1 N–H and O–H groups in total. The largest absolute Gasteiger partial charge is 0.354 e. The van der Waals surface area contributed by atoms with E-state index in [0.717, 1.165) is 109 Å². The minimum absolute atomic E-state index is 0.0572. The number of rotatable bonds is 30. The minimum Gasteiger partial charge on any atom is -0.354 e. The number of allylic oxidation sites excluding steroid dienone is 24. The average molecular weight is 721 g/mol. The van der Waals surface area contributed by atoms with Gasteiger partial charge in [0.05, 0.1) is 0 Å². The predicted octanol–water partition coefficient (Wildman–Crippen LogP) is 13.0. The van der Waals surface area contributed by atoms with E-state index in [4.69, 9.17) is 0 Å². The van der Waals surface area contributed by atoms with Gasteiger partial charge >= 0.3 is 0 Å². The first kappa shape index (κ1) is 46.8. The molecule has 1 unspecified atom stereocenters. The van der Waals surface area contributed by atoms with Crippen LogP contribution in [0.2, 0.25) is 0 Å². The molecular weight excluding hydrogens is 649 g/mol. The lowest BCUT2D eigenvalue weighted by molar-refractivity contribution is -0.132. The number of carbonyl (C=O) groups is 2. The smallest absolute Gasteiger partial charge is 0.223 e. The molecule has 0 bridgehead atoms. The van der Waals surface area contributed by atoms with E-state index in [1.807, 2.05) is 4.90 Å². The summed E-state index contributed by atoms with van der Waals surface area (Å²) in [7, 11) is 0. The van der Waals surface area contributed by atoms with Crippen LogP contribution in [0.15, 0.2) is 146 Å². The number of amides is 2. The zero-order chi connectivity index (χ0) is 38.1. The van der Waals surface area contributed by atoms with E-state index < -0.39 is 0 Å². The highest BCUT2D eigenvalue weighted by atomic mass is 16.2. The fourth-order valence-corrected chi connectivity index (χ4v) is 5.54. The Balaban J connectivity index is 2.08. The van der Waals surface area contributed by atoms with Crippen molar-refractivity contribution in [2.24, 2.45) is 0 Å². The summed E-state index contributed by atoms with van der Waals surface area (Å²) in [5.41, 5.74) is 0. The summed E-state index contributed by atoms with van der Waals surface area (Å²) >= 11 is 0. The van der Waals surface area contributed by atoms with Crippen LogP contribution in [0.1, 0.15) is 129 Å². The van der Waals surface area contributed by atoms with Crippen molar-refractivity contribution >= 4 is 11.8 Å². The van der Waals surface area contributed by atoms with Crippen molar-refractivity contribution in [1.82, 2.24) is 10.2 Å². The van der Waals surface area contributed by atoms with Gasteiger partial charge in [-0.05, 0) is 103 Å². The lowest BCUT2D eigenvalue weighted by Crippen LogP contribution is -2.43. The van der Waals surface area contributed by atoms with Gasteiger partial charge in [-0.2, -0.15) is 0 Å². The number of hydrogen-bond acceptors (Lipinski definition) is 2. The molecule has 2 amide bonds. The summed E-state index contributed by atoms with van der Waals surface area (Å²) in [6.45, 7) is 5.65. The maximum atomic E-state index is 12.9. The Kier molecular flexibility index (Phi) is 33.2. The molecule has 0 aromatic rings. The molecule has 4 nitrogen and oxygen atoms in total. The van der Waals surface area contributed by atoms with Crippen LogP contribution in [0.5, 0.6) is 0 Å². The third-order valence-electron chi connectivity index (χ3n) is 8.49. The number of likely N-dealkylation sites (tertiary alicyclic amines) is 1. The van der Waals surface area contributed by atoms with Crippen molar-refractivity contribution in [2.45, 2.75) is 135 Å². The van der Waals surface area contributed by atoms with Crippen molar-refractivity contribution in [3.63, 3.8) is 0 Å². The van der Waals surface area contributed by atoms with Gasteiger partial charge in [-0.3, -0.25) is 9.59 Å². The predicted molar refractivity (Wildman–Crippen MR) is 233 cm³/mol. The molecule has 0 aromatic heterocycles. The number of carbonyl (C=O) groups excluding carboxylic acids is 2. The van der Waals surface area contributed by atoms with E-state index in [1.165, 1.54) is 0 Å². The summed E-state index contributed by atoms with van der Waals surface area (Å²) in [6.07, 6.45) is 68.8. The molecule has 0 spiro atoms. The normalized spacial score (nSPS) is 16.2. The van der Waals surface area contributed by atoms with Crippen LogP contribution < -0.4 is 5.32 Å². The molecule has 1 saturated heterocycles. The molecule has 1 fully saturated rings. The second-order valence-corrected chi connectivity index (χ2v) is 13.1. The van der Waals surface area contributed by atoms with Gasteiger partial charge in [0.25, 0.3) is 0 Å². The highest BCUT2D eigenvalue weighted by molar-refractivity contribution is 5.78. The van der Waals surface area contributed by atoms with Crippen LogP contribution in [-0.2, 0) is 9.59 Å². The standard InChI is InChI=1S/C49H72N2O2/c1-3-5-7-9-11-13-15-17-19-21-23-25-27-29-31-33-35-37-39-43-48(52)50-46-47-42-41-45-51(47)49(53)44-40-38-36-34-32-30-28-26-24-22-20-18-16-14-12-10-8-6-4-2/h5-8,11-14,17-20,23-26,29-32,35-38,47H,3-4,9-10,15-16,21-22,27-28,33-34,39-46H2,1-2H3,(H,50,52)/b7-5-,8-6-,13-11-,14-12-,19-17-,20-18-,25-23-,26-24-,31-29-,32-30-,37-35-,38-36-. The molecule has 1 aliphatic heterocycles. The van der Waals surface area contributed by atoms with Crippen LogP contribution in [0.3, 0.4) is 0 Å². The fraction of sp³-hybridized carbons (Fsp3) is 0.469. The van der Waals surface area contributed by atoms with Crippen molar-refractivity contribution in [3.8, 4) is 0 Å². The highest BCUT2D eigenvalue weighted by Crippen LogP contribution is 2.18. The van der Waals surface area contributed by atoms with Gasteiger partial charge in [0.2, 0.25) is 11.8 Å². The van der Waals surface area contributed by atoms with Gasteiger partial charge in [0, 0.05) is 32.0 Å². The molecule has 0 radical (unpaired) electrons. The number of nitrogens with one attached hydrogen (secondary N) is 1. The van der Waals surface area contributed by atoms with E-state index >= 15 is 0 Å². The number of nitrogens with zero attached hydrogens (tertiary/aromatic N) is 1. The van der Waals surface area contributed by atoms with E-state index in [9.17, 15) is 9.59 Å². The van der Waals surface area contributed by atoms with Crippen LogP contribution in [0, 0.1) is 0 Å². The van der Waals surface area contributed by atoms with Crippen molar-refractivity contribution < 1.29 is 9.59 Å². The molecule has 0 saturated carbocycles. The van der Waals surface area contributed by atoms with Crippen molar-refractivity contribution in [2.75, 3.05) is 13.1 Å². The second kappa shape index (κ2) is 37.6. The zero-order valence-corrected chi connectivity index (χ0v) is 33.3. The molecule has 1 atom stereocenters. The molecule has 1 aliphatic rings. The summed E-state index contributed by atoms with van der Waals surface area (Å²) < 4.78 is 0. The van der Waals surface area contributed by atoms with Gasteiger partial charge < -0.3 is 10.2 Å². The average Bonchev–Trinajstić information content (AvgIpc) is 3.65. The van der Waals surface area contributed by atoms with E-state index in [1.54, 1.807) is 0 Å². The summed E-state index contributed by atoms with van der Waals surface area (Å²) in [6, 6.07) is 0.114. The topological polar surface area (TPSA) is 49.4 Å². The molecule has 0 aliphatic carbocycles. The van der Waals surface area contributed by atoms with Crippen LogP contribution >= 0.6 is 0 Å². The summed E-state index contributed by atoms with van der Waals surface area (Å²) in [5, 5.41) is 3.06. The fourth-order valence-electron chi connectivity index (χ4n) is 5.54. The molecule has 53 heavy (non-hydrogen) atoms. The van der Waals surface area contributed by atoms with Crippen LogP contribution in [0.25, 0.3) is 0 Å². The maximum absolute atomic E-state index is 12.9. The molecule has 1 heterocycles. The highest BCUT2D eigenvalue weighted by Gasteiger charge is 2.28. The third-order valence-corrected chi connectivity index (χ3v) is 8.49. The molecule has 0 aromatic carbocycles. The van der Waals surface area contributed by atoms with Crippen LogP contribution in [0.4, 0.5) is 0 Å². The Morgan fingerprint density at radius 3 is 1.15 bits per heavy atom. The van der Waals surface area contributed by atoms with E-state index in [-0.39, 0.29) is 17.9 Å². The first-order valence-electron chi connectivity index (χ1n) is 20.5. The van der Waals surface area contributed by atoms with Gasteiger partial charge in [0.15, 0.2) is 0 Å². The number of hydrogen-bond donors (Lipinski definition) is 1. The van der Waals surface area contributed by atoms with Gasteiger partial charge in [-0.1, -0.05) is 160 Å². The minimum atomic E-state index is 0.0572. The third kappa shape index (κ3) is 31.1. The van der Waals surface area contributed by atoms with E-state index in [2.05, 4.69) is 165 Å². The zero-order valence-electron chi connectivity index (χ0n) is 33.3.